The van der Waals surface area contributed by atoms with E-state index in [0.717, 1.165) is 6.54 Å². The summed E-state index contributed by atoms with van der Waals surface area (Å²) in [6.07, 6.45) is 2.89. The third-order valence-corrected chi connectivity index (χ3v) is 3.74. The number of nitrogens with one attached hydrogen (secondary N) is 1. The molecule has 0 unspecified atom stereocenters. The average Bonchev–Trinajstić information content (AvgIpc) is 2.51. The van der Waals surface area contributed by atoms with Crippen molar-refractivity contribution in [3.63, 3.8) is 0 Å². The Labute approximate surface area is 146 Å². The van der Waals surface area contributed by atoms with Crippen LogP contribution in [0, 0.1) is 0 Å². The van der Waals surface area contributed by atoms with Gasteiger partial charge in [-0.3, -0.25) is 4.79 Å². The molecule has 1 amide bonds. The second kappa shape index (κ2) is 9.55. The van der Waals surface area contributed by atoms with E-state index in [9.17, 15) is 39.6 Å². The van der Waals surface area contributed by atoms with Crippen LogP contribution < -0.4 is 9.29 Å². The van der Waals surface area contributed by atoms with Gasteiger partial charge in [0.1, 0.15) is 6.54 Å². The maximum atomic E-state index is 11.4. The predicted molar refractivity (Wildman–Crippen MR) is 80.8 cm³/mol. The number of nitrogens with zero attached hydrogens (tertiary/aromatic N) is 1. The monoisotopic (exact) mass is 407 g/mol. The number of aryl methyl sites for hydroxylation is 1. The Morgan fingerprint density at radius 2 is 1.85 bits per heavy atom. The molecule has 1 rings (SSSR count). The Hall–Kier alpha value is -2.11. The molecule has 0 aliphatic rings. The first kappa shape index (κ1) is 23.9. The first-order valence-corrected chi connectivity index (χ1v) is 8.54. The van der Waals surface area contributed by atoms with Gasteiger partial charge in [0, 0.05) is 18.1 Å². The fourth-order valence-corrected chi connectivity index (χ4v) is 1.86. The molecule has 1 heterocycles. The lowest BCUT2D eigenvalue weighted by Gasteiger charge is -2.10. The zero-order valence-corrected chi connectivity index (χ0v) is 14.4. The molecule has 0 aliphatic carbocycles. The van der Waals surface area contributed by atoms with Gasteiger partial charge in [0.05, 0.1) is 0 Å². The van der Waals surface area contributed by atoms with Crippen LogP contribution in [0.3, 0.4) is 0 Å². The van der Waals surface area contributed by atoms with Crippen molar-refractivity contribution in [1.82, 2.24) is 4.72 Å². The number of hydrogen-bond acceptors (Lipinski definition) is 3. The fraction of sp³-hybridized carbons (Fsp3) is 0.429. The van der Waals surface area contributed by atoms with Crippen molar-refractivity contribution in [1.29, 1.82) is 0 Å². The number of rotatable bonds is 5. The average molecular weight is 407 g/mol. The molecule has 0 atom stereocenters. The molecule has 0 saturated carbocycles. The highest BCUT2D eigenvalue weighted by Crippen LogP contribution is 2.23. The number of amides is 1. The van der Waals surface area contributed by atoms with Crippen LogP contribution in [0.1, 0.15) is 25.3 Å². The highest BCUT2D eigenvalue weighted by atomic mass is 32.2. The van der Waals surface area contributed by atoms with Crippen LogP contribution in [0.5, 0.6) is 0 Å². The quantitative estimate of drug-likeness (QED) is 0.603. The molecule has 0 bridgehead atoms. The SMILES string of the molecule is C=Cc1ccc[n+](CCCC)c1.O=C(NS(=O)(=O)C(F)(F)F)C(F)(F)F. The van der Waals surface area contributed by atoms with Crippen molar-refractivity contribution in [2.24, 2.45) is 0 Å². The molecule has 0 spiro atoms. The minimum absolute atomic E-state index is 0.181. The summed E-state index contributed by atoms with van der Waals surface area (Å²) in [5.74, 6) is -3.20. The standard InChI is InChI=1S/C11H16N.C3HF6NO3S/c1-3-5-8-12-9-6-7-11(4-2)10-12;4-2(5,6)1(11)10-14(12,13)3(7,8)9/h4,6-7,9-10H,2-3,5,8H2,1H3;(H,10,11)/q+1;. The van der Waals surface area contributed by atoms with E-state index in [0.29, 0.717) is 0 Å². The molecule has 148 valence electrons. The van der Waals surface area contributed by atoms with Gasteiger partial charge < -0.3 is 0 Å². The molecule has 1 N–H and O–H groups in total. The van der Waals surface area contributed by atoms with Gasteiger partial charge in [-0.05, 0) is 6.07 Å². The van der Waals surface area contributed by atoms with Crippen LogP contribution in [-0.2, 0) is 21.4 Å². The molecule has 0 fully saturated rings. The van der Waals surface area contributed by atoms with Crippen molar-refractivity contribution in [2.45, 2.75) is 38.0 Å². The van der Waals surface area contributed by atoms with E-state index in [-0.39, 0.29) is 4.72 Å². The number of sulfonamides is 1. The minimum Gasteiger partial charge on any atom is -0.263 e. The van der Waals surface area contributed by atoms with Crippen LogP contribution in [0.15, 0.2) is 31.1 Å². The molecular weight excluding hydrogens is 390 g/mol. The Kier molecular flexibility index (Phi) is 8.77. The van der Waals surface area contributed by atoms with Crippen molar-refractivity contribution in [3.8, 4) is 0 Å². The van der Waals surface area contributed by atoms with Crippen LogP contribution in [-0.4, -0.2) is 26.0 Å². The van der Waals surface area contributed by atoms with Crippen LogP contribution in [0.4, 0.5) is 26.3 Å². The first-order chi connectivity index (χ1) is 11.7. The topological polar surface area (TPSA) is 67.1 Å². The van der Waals surface area contributed by atoms with Gasteiger partial charge in [-0.15, -0.1) is 0 Å². The highest BCUT2D eigenvalue weighted by Gasteiger charge is 2.51. The summed E-state index contributed by atoms with van der Waals surface area (Å²) in [6.45, 7) is 7.05. The molecule has 5 nitrogen and oxygen atoms in total. The maximum Gasteiger partial charge on any atom is 0.516 e. The van der Waals surface area contributed by atoms with E-state index in [1.54, 1.807) is 0 Å². The summed E-state index contributed by atoms with van der Waals surface area (Å²) in [5.41, 5.74) is -4.78. The predicted octanol–water partition coefficient (Wildman–Crippen LogP) is 2.93. The molecule has 1 aromatic rings. The molecule has 0 saturated heterocycles. The van der Waals surface area contributed by atoms with E-state index in [1.807, 2.05) is 6.08 Å². The molecule has 26 heavy (non-hydrogen) atoms. The van der Waals surface area contributed by atoms with Crippen molar-refractivity contribution < 1.29 is 44.1 Å². The van der Waals surface area contributed by atoms with Gasteiger partial charge in [0.2, 0.25) is 0 Å². The van der Waals surface area contributed by atoms with Crippen LogP contribution >= 0.6 is 0 Å². The Morgan fingerprint density at radius 3 is 2.27 bits per heavy atom. The fourth-order valence-electron chi connectivity index (χ4n) is 1.38. The zero-order valence-electron chi connectivity index (χ0n) is 13.6. The van der Waals surface area contributed by atoms with Gasteiger partial charge in [-0.2, -0.15) is 34.8 Å². The Morgan fingerprint density at radius 1 is 1.27 bits per heavy atom. The van der Waals surface area contributed by atoms with Gasteiger partial charge in [-0.1, -0.05) is 26.0 Å². The Balaban J connectivity index is 0.000000485. The summed E-state index contributed by atoms with van der Waals surface area (Å²) in [7, 11) is -6.30. The smallest absolute Gasteiger partial charge is 0.263 e. The number of halogens is 6. The van der Waals surface area contributed by atoms with Crippen molar-refractivity contribution >= 4 is 22.0 Å². The van der Waals surface area contributed by atoms with E-state index in [1.165, 1.54) is 18.4 Å². The number of hydrogen-bond donors (Lipinski definition) is 1. The van der Waals surface area contributed by atoms with Gasteiger partial charge in [0.25, 0.3) is 0 Å². The highest BCUT2D eigenvalue weighted by molar-refractivity contribution is 7.90. The molecule has 1 aromatic heterocycles. The van der Waals surface area contributed by atoms with Crippen LogP contribution in [0.2, 0.25) is 0 Å². The number of carbonyl (C=O) groups excluding carboxylic acids is 1. The number of aromatic nitrogens is 1. The van der Waals surface area contributed by atoms with E-state index in [4.69, 9.17) is 0 Å². The summed E-state index contributed by atoms with van der Waals surface area (Å²) in [4.78, 5) is 9.81. The van der Waals surface area contributed by atoms with Crippen LogP contribution in [0.25, 0.3) is 6.08 Å². The number of alkyl halides is 6. The molecule has 0 aromatic carbocycles. The normalized spacial score (nSPS) is 12.0. The summed E-state index contributed by atoms with van der Waals surface area (Å²) < 4.78 is 90.1. The van der Waals surface area contributed by atoms with Crippen molar-refractivity contribution in [3.05, 3.63) is 36.7 Å². The lowest BCUT2D eigenvalue weighted by molar-refractivity contribution is -0.697. The van der Waals surface area contributed by atoms with Gasteiger partial charge >= 0.3 is 27.6 Å². The first-order valence-electron chi connectivity index (χ1n) is 7.06. The molecule has 0 aliphatic heterocycles. The molecular formula is C14H17F6N2O3S+. The van der Waals surface area contributed by atoms with Crippen molar-refractivity contribution in [2.75, 3.05) is 0 Å². The largest absolute Gasteiger partial charge is 0.516 e. The molecule has 12 heteroatoms. The summed E-state index contributed by atoms with van der Waals surface area (Å²) in [5, 5.41) is 0. The molecule has 0 radical (unpaired) electrons. The van der Waals surface area contributed by atoms with E-state index in [2.05, 4.69) is 42.6 Å². The zero-order chi connectivity index (χ0) is 20.6. The second-order valence-corrected chi connectivity index (χ2v) is 6.48. The summed E-state index contributed by atoms with van der Waals surface area (Å²) >= 11 is 0. The third kappa shape index (κ3) is 8.32. The number of pyridine rings is 1. The third-order valence-electron chi connectivity index (χ3n) is 2.68. The summed E-state index contributed by atoms with van der Waals surface area (Å²) in [6, 6.07) is 4.13. The number of unbranched alkanes of at least 4 members (excludes halogenated alkanes) is 1. The van der Waals surface area contributed by atoms with E-state index < -0.39 is 27.6 Å². The Bertz CT molecular complexity index is 714. The van der Waals surface area contributed by atoms with Gasteiger partial charge in [0.15, 0.2) is 12.4 Å². The van der Waals surface area contributed by atoms with Gasteiger partial charge in [-0.25, -0.2) is 9.29 Å². The lowest BCUT2D eigenvalue weighted by Crippen LogP contribution is -2.46. The minimum atomic E-state index is -6.30. The number of carbonyl (C=O) groups is 1. The maximum absolute atomic E-state index is 11.4. The lowest BCUT2D eigenvalue weighted by atomic mass is 10.2. The van der Waals surface area contributed by atoms with E-state index >= 15 is 0 Å². The second-order valence-electron chi connectivity index (χ2n) is 4.81.